The van der Waals surface area contributed by atoms with Crippen LogP contribution in [0.25, 0.3) is 0 Å². The van der Waals surface area contributed by atoms with E-state index >= 15 is 0 Å². The number of rotatable bonds is 3. The van der Waals surface area contributed by atoms with Gasteiger partial charge in [-0.3, -0.25) is 0 Å². The van der Waals surface area contributed by atoms with Crippen molar-refractivity contribution in [3.05, 3.63) is 0 Å². The van der Waals surface area contributed by atoms with Gasteiger partial charge in [0, 0.05) is 6.54 Å². The lowest BCUT2D eigenvalue weighted by Crippen LogP contribution is -1.85. The molecule has 2 heteroatoms. The van der Waals surface area contributed by atoms with Crippen molar-refractivity contribution < 1.29 is 0 Å². The van der Waals surface area contributed by atoms with Crippen molar-refractivity contribution in [2.45, 2.75) is 33.2 Å². The van der Waals surface area contributed by atoms with Gasteiger partial charge in [-0.25, -0.2) is 9.98 Å². The Hall–Kier alpha value is -0.620. The monoisotopic (exact) mass is 126 g/mol. The Labute approximate surface area is 56.7 Å². The topological polar surface area (TPSA) is 24.7 Å². The van der Waals surface area contributed by atoms with Crippen molar-refractivity contribution in [1.82, 2.24) is 0 Å². The van der Waals surface area contributed by atoms with Gasteiger partial charge >= 0.3 is 0 Å². The minimum absolute atomic E-state index is 0.325. The molecule has 0 atom stereocenters. The molecule has 0 bridgehead atoms. The molecule has 9 heavy (non-hydrogen) atoms. The summed E-state index contributed by atoms with van der Waals surface area (Å²) in [5, 5.41) is 0. The zero-order valence-corrected chi connectivity index (χ0v) is 6.39. The Morgan fingerprint density at radius 3 is 2.56 bits per heavy atom. The Bertz CT molecular complexity index is 110. The van der Waals surface area contributed by atoms with Crippen LogP contribution in [0, 0.1) is 0 Å². The molecule has 0 amide bonds. The van der Waals surface area contributed by atoms with Gasteiger partial charge in [-0.05, 0) is 20.3 Å². The molecule has 0 fully saturated rings. The van der Waals surface area contributed by atoms with Crippen LogP contribution in [0.2, 0.25) is 0 Å². The Morgan fingerprint density at radius 1 is 1.44 bits per heavy atom. The Morgan fingerprint density at radius 2 is 2.11 bits per heavy atom. The first-order chi connectivity index (χ1) is 4.27. The molecule has 0 aromatic heterocycles. The summed E-state index contributed by atoms with van der Waals surface area (Å²) in [6.45, 7) is 6.94. The molecule has 0 rings (SSSR count). The summed E-state index contributed by atoms with van der Waals surface area (Å²) in [4.78, 5) is 7.86. The van der Waals surface area contributed by atoms with Crippen LogP contribution in [-0.2, 0) is 0 Å². The molecule has 0 saturated carbocycles. The molecular formula is C7H14N2. The van der Waals surface area contributed by atoms with Crippen molar-refractivity contribution in [3.63, 3.8) is 0 Å². The highest BCUT2D eigenvalue weighted by Crippen LogP contribution is 1.81. The Kier molecular flexibility index (Phi) is 5.14. The summed E-state index contributed by atoms with van der Waals surface area (Å²) in [7, 11) is 0. The van der Waals surface area contributed by atoms with E-state index in [2.05, 4.69) is 22.9 Å². The van der Waals surface area contributed by atoms with Gasteiger partial charge in [0.1, 0.15) is 0 Å². The zero-order valence-electron chi connectivity index (χ0n) is 6.39. The normalized spacial score (nSPS) is 8.89. The molecule has 0 aromatic rings. The molecule has 2 nitrogen and oxygen atoms in total. The standard InChI is InChI=1S/C7H14N2/c1-4-5-8-6-9-7(2)3/h7H,4-5H2,1-3H3. The van der Waals surface area contributed by atoms with E-state index < -0.39 is 0 Å². The molecule has 0 radical (unpaired) electrons. The van der Waals surface area contributed by atoms with Crippen LogP contribution in [0.3, 0.4) is 0 Å². The van der Waals surface area contributed by atoms with Crippen molar-refractivity contribution in [2.24, 2.45) is 9.98 Å². The summed E-state index contributed by atoms with van der Waals surface area (Å²) < 4.78 is 0. The van der Waals surface area contributed by atoms with E-state index in [1.165, 1.54) is 0 Å². The van der Waals surface area contributed by atoms with Gasteiger partial charge in [-0.2, -0.15) is 0 Å². The average Bonchev–Trinajstić information content (AvgIpc) is 1.80. The summed E-state index contributed by atoms with van der Waals surface area (Å²) in [5.41, 5.74) is 0. The number of nitrogens with zero attached hydrogens (tertiary/aromatic N) is 2. The third-order valence-electron chi connectivity index (χ3n) is 0.722. The molecule has 52 valence electrons. The van der Waals surface area contributed by atoms with Crippen LogP contribution in [0.15, 0.2) is 9.98 Å². The smallest absolute Gasteiger partial charge is 0.0895 e. The van der Waals surface area contributed by atoms with Gasteiger partial charge in [-0.1, -0.05) is 6.92 Å². The first-order valence-corrected chi connectivity index (χ1v) is 3.38. The maximum atomic E-state index is 3.95. The third-order valence-corrected chi connectivity index (χ3v) is 0.722. The minimum Gasteiger partial charge on any atom is -0.226 e. The van der Waals surface area contributed by atoms with E-state index in [1.807, 2.05) is 13.8 Å². The second-order valence-corrected chi connectivity index (χ2v) is 2.20. The fourth-order valence-corrected chi connectivity index (χ4v) is 0.318. The fourth-order valence-electron chi connectivity index (χ4n) is 0.318. The molecule has 0 unspecified atom stereocenters. The van der Waals surface area contributed by atoms with Crippen molar-refractivity contribution in [2.75, 3.05) is 6.54 Å². The third kappa shape index (κ3) is 7.38. The lowest BCUT2D eigenvalue weighted by molar-refractivity contribution is 0.837. The molecule has 0 spiro atoms. The van der Waals surface area contributed by atoms with Gasteiger partial charge in [-0.15, -0.1) is 0 Å². The SMILES string of the molecule is CCCN=C=NC(C)C. The summed E-state index contributed by atoms with van der Waals surface area (Å²) in [6, 6.07) is 2.96. The Balaban J connectivity index is 3.41. The number of hydrogen-bond donors (Lipinski definition) is 0. The predicted molar refractivity (Wildman–Crippen MR) is 40.2 cm³/mol. The highest BCUT2D eigenvalue weighted by molar-refractivity contribution is 5.41. The van der Waals surface area contributed by atoms with E-state index in [0.29, 0.717) is 6.04 Å². The van der Waals surface area contributed by atoms with Crippen LogP contribution < -0.4 is 0 Å². The lowest BCUT2D eigenvalue weighted by Gasteiger charge is -1.85. The molecule has 0 N–H and O–H groups in total. The van der Waals surface area contributed by atoms with E-state index in [-0.39, 0.29) is 0 Å². The quantitative estimate of drug-likeness (QED) is 0.516. The second kappa shape index (κ2) is 5.52. The predicted octanol–water partition coefficient (Wildman–Crippen LogP) is 1.98. The molecule has 0 aliphatic carbocycles. The average molecular weight is 126 g/mol. The first-order valence-electron chi connectivity index (χ1n) is 3.38. The molecule has 0 aliphatic heterocycles. The molecular weight excluding hydrogens is 112 g/mol. The largest absolute Gasteiger partial charge is 0.226 e. The van der Waals surface area contributed by atoms with Gasteiger partial charge in [0.05, 0.1) is 12.1 Å². The van der Waals surface area contributed by atoms with E-state index in [0.717, 1.165) is 13.0 Å². The molecule has 0 aliphatic rings. The van der Waals surface area contributed by atoms with E-state index in [9.17, 15) is 0 Å². The molecule has 0 saturated heterocycles. The number of hydrogen-bond acceptors (Lipinski definition) is 2. The summed E-state index contributed by atoms with van der Waals surface area (Å²) in [5.74, 6) is 0. The van der Waals surface area contributed by atoms with E-state index in [1.54, 1.807) is 0 Å². The van der Waals surface area contributed by atoms with Crippen molar-refractivity contribution in [1.29, 1.82) is 0 Å². The van der Waals surface area contributed by atoms with Crippen LogP contribution in [-0.4, -0.2) is 18.6 Å². The summed E-state index contributed by atoms with van der Waals surface area (Å²) in [6.07, 6.45) is 1.07. The van der Waals surface area contributed by atoms with Crippen molar-refractivity contribution in [3.8, 4) is 0 Å². The highest BCUT2D eigenvalue weighted by Gasteiger charge is 1.79. The maximum Gasteiger partial charge on any atom is 0.0895 e. The summed E-state index contributed by atoms with van der Waals surface area (Å²) >= 11 is 0. The van der Waals surface area contributed by atoms with Crippen LogP contribution in [0.4, 0.5) is 0 Å². The molecule has 0 heterocycles. The second-order valence-electron chi connectivity index (χ2n) is 2.20. The lowest BCUT2D eigenvalue weighted by atomic mass is 10.4. The number of aliphatic imine (C=N–C) groups is 2. The minimum atomic E-state index is 0.325. The fraction of sp³-hybridized carbons (Fsp3) is 0.857. The van der Waals surface area contributed by atoms with Gasteiger partial charge in [0.2, 0.25) is 0 Å². The highest BCUT2D eigenvalue weighted by atomic mass is 14.8. The van der Waals surface area contributed by atoms with Gasteiger partial charge < -0.3 is 0 Å². The molecule has 0 aromatic carbocycles. The first kappa shape index (κ1) is 8.38. The van der Waals surface area contributed by atoms with Crippen LogP contribution >= 0.6 is 0 Å². The van der Waals surface area contributed by atoms with Crippen LogP contribution in [0.1, 0.15) is 27.2 Å². The zero-order chi connectivity index (χ0) is 7.11. The van der Waals surface area contributed by atoms with Crippen LogP contribution in [0.5, 0.6) is 0 Å². The van der Waals surface area contributed by atoms with E-state index in [4.69, 9.17) is 0 Å². The van der Waals surface area contributed by atoms with Crippen molar-refractivity contribution >= 4 is 6.01 Å². The maximum absolute atomic E-state index is 3.95. The van der Waals surface area contributed by atoms with Gasteiger partial charge in [0.15, 0.2) is 0 Å². The van der Waals surface area contributed by atoms with Gasteiger partial charge in [0.25, 0.3) is 0 Å².